The van der Waals surface area contributed by atoms with Crippen molar-refractivity contribution in [3.05, 3.63) is 24.4 Å². The number of nitrogens with zero attached hydrogens (tertiary/aromatic N) is 3. The molecular formula is C14H19N3O. The molecule has 0 atom stereocenters. The van der Waals surface area contributed by atoms with Crippen LogP contribution in [0, 0.1) is 0 Å². The van der Waals surface area contributed by atoms with Crippen LogP contribution in [0.1, 0.15) is 12.8 Å². The Hall–Kier alpha value is -1.55. The lowest BCUT2D eigenvalue weighted by Gasteiger charge is -2.29. The summed E-state index contributed by atoms with van der Waals surface area (Å²) in [7, 11) is 4.12. The standard InChI is InChI=1S/C14H19N3O/c1-16-7-5-12(6-8-16)18-13-3-4-14-11(9-13)10-15-17(14)2/h3-4,9-10,12H,5-8H2,1-2H3. The Balaban J connectivity index is 1.74. The van der Waals surface area contributed by atoms with Gasteiger partial charge >= 0.3 is 0 Å². The minimum Gasteiger partial charge on any atom is -0.490 e. The van der Waals surface area contributed by atoms with Crippen LogP contribution in [0.3, 0.4) is 0 Å². The highest BCUT2D eigenvalue weighted by Crippen LogP contribution is 2.23. The minimum absolute atomic E-state index is 0.357. The fourth-order valence-corrected chi connectivity index (χ4v) is 2.51. The lowest BCUT2D eigenvalue weighted by atomic mass is 10.1. The van der Waals surface area contributed by atoms with Crippen LogP contribution in [0.15, 0.2) is 24.4 Å². The number of hydrogen-bond acceptors (Lipinski definition) is 3. The van der Waals surface area contributed by atoms with Gasteiger partial charge in [-0.05, 0) is 38.1 Å². The number of fused-ring (bicyclic) bond motifs is 1. The Morgan fingerprint density at radius 2 is 2.00 bits per heavy atom. The molecule has 2 aromatic rings. The molecule has 4 heteroatoms. The number of aryl methyl sites for hydroxylation is 1. The number of hydrogen-bond donors (Lipinski definition) is 0. The molecule has 0 N–H and O–H groups in total. The number of ether oxygens (including phenoxy) is 1. The van der Waals surface area contributed by atoms with Gasteiger partial charge in [-0.2, -0.15) is 5.10 Å². The number of rotatable bonds is 2. The van der Waals surface area contributed by atoms with E-state index in [9.17, 15) is 0 Å². The predicted molar refractivity (Wildman–Crippen MR) is 71.9 cm³/mol. The molecule has 1 aliphatic rings. The number of likely N-dealkylation sites (tertiary alicyclic amines) is 1. The zero-order chi connectivity index (χ0) is 12.5. The van der Waals surface area contributed by atoms with Crippen molar-refractivity contribution in [1.29, 1.82) is 0 Å². The summed E-state index contributed by atoms with van der Waals surface area (Å²) >= 11 is 0. The summed E-state index contributed by atoms with van der Waals surface area (Å²) < 4.78 is 7.94. The van der Waals surface area contributed by atoms with Gasteiger partial charge in [0.1, 0.15) is 11.9 Å². The van der Waals surface area contributed by atoms with E-state index in [4.69, 9.17) is 4.74 Å². The molecule has 4 nitrogen and oxygen atoms in total. The molecule has 0 aliphatic carbocycles. The molecule has 0 amide bonds. The number of piperidine rings is 1. The second kappa shape index (κ2) is 4.61. The molecule has 2 heterocycles. The molecule has 18 heavy (non-hydrogen) atoms. The molecule has 0 radical (unpaired) electrons. The first kappa shape index (κ1) is 11.5. The molecule has 1 saturated heterocycles. The van der Waals surface area contributed by atoms with Crippen molar-refractivity contribution >= 4 is 10.9 Å². The largest absolute Gasteiger partial charge is 0.490 e. The topological polar surface area (TPSA) is 30.3 Å². The third kappa shape index (κ3) is 2.20. The van der Waals surface area contributed by atoms with Crippen molar-refractivity contribution in [1.82, 2.24) is 14.7 Å². The van der Waals surface area contributed by atoms with Crippen LogP contribution in [0.5, 0.6) is 5.75 Å². The molecule has 1 fully saturated rings. The summed E-state index contributed by atoms with van der Waals surface area (Å²) in [5, 5.41) is 5.39. The van der Waals surface area contributed by atoms with Crippen molar-refractivity contribution < 1.29 is 4.74 Å². The molecule has 96 valence electrons. The molecule has 0 saturated carbocycles. The second-order valence-corrected chi connectivity index (χ2v) is 5.11. The SMILES string of the molecule is CN1CCC(Oc2ccc3c(cnn3C)c2)CC1. The fourth-order valence-electron chi connectivity index (χ4n) is 2.51. The number of aromatic nitrogens is 2. The van der Waals surface area contributed by atoms with E-state index in [-0.39, 0.29) is 0 Å². The minimum atomic E-state index is 0.357. The molecule has 3 rings (SSSR count). The molecule has 1 aromatic carbocycles. The van der Waals surface area contributed by atoms with Crippen LogP contribution in [0.25, 0.3) is 10.9 Å². The summed E-state index contributed by atoms with van der Waals surface area (Å²) in [5.74, 6) is 0.963. The van der Waals surface area contributed by atoms with Crippen LogP contribution >= 0.6 is 0 Å². The van der Waals surface area contributed by atoms with Crippen molar-refractivity contribution in [2.75, 3.05) is 20.1 Å². The average molecular weight is 245 g/mol. The maximum atomic E-state index is 6.06. The Bertz CT molecular complexity index is 541. The maximum absolute atomic E-state index is 6.06. The van der Waals surface area contributed by atoms with Crippen LogP contribution in [0.4, 0.5) is 0 Å². The van der Waals surface area contributed by atoms with Gasteiger partial charge in [0.15, 0.2) is 0 Å². The zero-order valence-electron chi connectivity index (χ0n) is 11.0. The van der Waals surface area contributed by atoms with Gasteiger partial charge in [-0.3, -0.25) is 4.68 Å². The Kier molecular flexibility index (Phi) is 2.96. The quantitative estimate of drug-likeness (QED) is 0.811. The smallest absolute Gasteiger partial charge is 0.120 e. The van der Waals surface area contributed by atoms with E-state index >= 15 is 0 Å². The van der Waals surface area contributed by atoms with Gasteiger partial charge in [0, 0.05) is 25.5 Å². The lowest BCUT2D eigenvalue weighted by Crippen LogP contribution is -2.35. The van der Waals surface area contributed by atoms with Gasteiger partial charge in [0.25, 0.3) is 0 Å². The van der Waals surface area contributed by atoms with Crippen molar-refractivity contribution in [3.8, 4) is 5.75 Å². The van der Waals surface area contributed by atoms with E-state index in [1.807, 2.05) is 24.0 Å². The van der Waals surface area contributed by atoms with E-state index in [0.717, 1.165) is 42.6 Å². The van der Waals surface area contributed by atoms with E-state index in [0.29, 0.717) is 6.10 Å². The lowest BCUT2D eigenvalue weighted by molar-refractivity contribution is 0.114. The average Bonchev–Trinajstić information content (AvgIpc) is 2.74. The van der Waals surface area contributed by atoms with E-state index < -0.39 is 0 Å². The van der Waals surface area contributed by atoms with E-state index in [1.54, 1.807) is 0 Å². The number of benzene rings is 1. The zero-order valence-corrected chi connectivity index (χ0v) is 11.0. The Morgan fingerprint density at radius 1 is 1.22 bits per heavy atom. The third-order valence-electron chi connectivity index (χ3n) is 3.69. The Morgan fingerprint density at radius 3 is 2.78 bits per heavy atom. The first-order valence-electron chi connectivity index (χ1n) is 6.49. The van der Waals surface area contributed by atoms with Gasteiger partial charge in [-0.1, -0.05) is 0 Å². The van der Waals surface area contributed by atoms with Gasteiger partial charge in [-0.15, -0.1) is 0 Å². The summed E-state index contributed by atoms with van der Waals surface area (Å²) in [6.45, 7) is 2.25. The maximum Gasteiger partial charge on any atom is 0.120 e. The normalized spacial score (nSPS) is 18.3. The highest BCUT2D eigenvalue weighted by atomic mass is 16.5. The van der Waals surface area contributed by atoms with Gasteiger partial charge in [-0.25, -0.2) is 0 Å². The van der Waals surface area contributed by atoms with Crippen LogP contribution in [-0.2, 0) is 7.05 Å². The second-order valence-electron chi connectivity index (χ2n) is 5.11. The van der Waals surface area contributed by atoms with Gasteiger partial charge in [0.2, 0.25) is 0 Å². The summed E-state index contributed by atoms with van der Waals surface area (Å²) in [4.78, 5) is 2.35. The van der Waals surface area contributed by atoms with Gasteiger partial charge < -0.3 is 9.64 Å². The molecule has 1 aromatic heterocycles. The fraction of sp³-hybridized carbons (Fsp3) is 0.500. The predicted octanol–water partition coefficient (Wildman–Crippen LogP) is 2.05. The molecule has 0 unspecified atom stereocenters. The van der Waals surface area contributed by atoms with Crippen molar-refractivity contribution in [2.45, 2.75) is 18.9 Å². The monoisotopic (exact) mass is 245 g/mol. The Labute approximate surface area is 107 Å². The van der Waals surface area contributed by atoms with E-state index in [1.165, 1.54) is 0 Å². The highest BCUT2D eigenvalue weighted by Gasteiger charge is 2.18. The summed E-state index contributed by atoms with van der Waals surface area (Å²) in [6.07, 6.45) is 4.47. The summed E-state index contributed by atoms with van der Waals surface area (Å²) in [6, 6.07) is 6.20. The molecule has 0 bridgehead atoms. The molecule has 0 spiro atoms. The van der Waals surface area contributed by atoms with Crippen LogP contribution < -0.4 is 4.74 Å². The van der Waals surface area contributed by atoms with Crippen molar-refractivity contribution in [3.63, 3.8) is 0 Å². The highest BCUT2D eigenvalue weighted by molar-refractivity contribution is 5.80. The van der Waals surface area contributed by atoms with Crippen LogP contribution in [0.2, 0.25) is 0 Å². The van der Waals surface area contributed by atoms with E-state index in [2.05, 4.69) is 29.2 Å². The first-order valence-corrected chi connectivity index (χ1v) is 6.49. The van der Waals surface area contributed by atoms with Gasteiger partial charge in [0.05, 0.1) is 11.7 Å². The third-order valence-corrected chi connectivity index (χ3v) is 3.69. The summed E-state index contributed by atoms with van der Waals surface area (Å²) in [5.41, 5.74) is 1.14. The first-order chi connectivity index (χ1) is 8.72. The molecular weight excluding hydrogens is 226 g/mol. The van der Waals surface area contributed by atoms with Crippen LogP contribution in [-0.4, -0.2) is 40.9 Å². The molecule has 1 aliphatic heterocycles. The van der Waals surface area contributed by atoms with Crippen molar-refractivity contribution in [2.24, 2.45) is 7.05 Å².